The number of piperidine rings is 1. The quantitative estimate of drug-likeness (QED) is 0.867. The van der Waals surface area contributed by atoms with E-state index in [1.165, 1.54) is 12.0 Å². The van der Waals surface area contributed by atoms with E-state index in [9.17, 15) is 0 Å². The molecule has 20 heavy (non-hydrogen) atoms. The van der Waals surface area contributed by atoms with Crippen LogP contribution in [0, 0.1) is 0 Å². The molecule has 2 heterocycles. The first-order valence-electron chi connectivity index (χ1n) is 7.71. The number of anilines is 1. The molecule has 0 saturated carbocycles. The molecule has 1 aromatic heterocycles. The Morgan fingerprint density at radius 3 is 3.00 bits per heavy atom. The SMILES string of the molecule is CCCNC(C)c1ccc(N2CCCC(OC)C2)nc1. The van der Waals surface area contributed by atoms with Crippen molar-refractivity contribution in [3.05, 3.63) is 23.9 Å². The van der Waals surface area contributed by atoms with Gasteiger partial charge in [-0.2, -0.15) is 0 Å². The topological polar surface area (TPSA) is 37.4 Å². The predicted molar refractivity (Wildman–Crippen MR) is 83.2 cm³/mol. The van der Waals surface area contributed by atoms with E-state index in [-0.39, 0.29) is 0 Å². The first-order chi connectivity index (χ1) is 9.74. The van der Waals surface area contributed by atoms with Gasteiger partial charge in [0.15, 0.2) is 0 Å². The molecule has 2 atom stereocenters. The van der Waals surface area contributed by atoms with Gasteiger partial charge in [-0.05, 0) is 44.4 Å². The number of pyridine rings is 1. The van der Waals surface area contributed by atoms with Crippen molar-refractivity contribution in [1.29, 1.82) is 0 Å². The summed E-state index contributed by atoms with van der Waals surface area (Å²) >= 11 is 0. The average molecular weight is 277 g/mol. The maximum absolute atomic E-state index is 5.47. The van der Waals surface area contributed by atoms with Gasteiger partial charge < -0.3 is 15.0 Å². The van der Waals surface area contributed by atoms with Crippen molar-refractivity contribution in [3.63, 3.8) is 0 Å². The highest BCUT2D eigenvalue weighted by atomic mass is 16.5. The van der Waals surface area contributed by atoms with Gasteiger partial charge in [-0.15, -0.1) is 0 Å². The Hall–Kier alpha value is -1.13. The smallest absolute Gasteiger partial charge is 0.128 e. The van der Waals surface area contributed by atoms with Crippen LogP contribution in [0.5, 0.6) is 0 Å². The van der Waals surface area contributed by atoms with E-state index in [2.05, 4.69) is 41.2 Å². The van der Waals surface area contributed by atoms with E-state index in [1.54, 1.807) is 7.11 Å². The first-order valence-corrected chi connectivity index (χ1v) is 7.71. The normalized spacial score (nSPS) is 20.9. The lowest BCUT2D eigenvalue weighted by atomic mass is 10.1. The van der Waals surface area contributed by atoms with E-state index in [0.29, 0.717) is 12.1 Å². The van der Waals surface area contributed by atoms with Crippen LogP contribution < -0.4 is 10.2 Å². The zero-order valence-corrected chi connectivity index (χ0v) is 12.9. The predicted octanol–water partition coefficient (Wildman–Crippen LogP) is 2.76. The summed E-state index contributed by atoms with van der Waals surface area (Å²) in [6.07, 6.45) is 5.83. The van der Waals surface area contributed by atoms with Crippen LogP contribution in [0.25, 0.3) is 0 Å². The average Bonchev–Trinajstić information content (AvgIpc) is 2.52. The number of hydrogen-bond acceptors (Lipinski definition) is 4. The van der Waals surface area contributed by atoms with E-state index < -0.39 is 0 Å². The maximum Gasteiger partial charge on any atom is 0.128 e. The third-order valence-electron chi connectivity index (χ3n) is 4.01. The van der Waals surface area contributed by atoms with Crippen LogP contribution >= 0.6 is 0 Å². The molecule has 4 nitrogen and oxygen atoms in total. The lowest BCUT2D eigenvalue weighted by Crippen LogP contribution is -2.39. The minimum absolute atomic E-state index is 0.343. The molecular formula is C16H27N3O. The second kappa shape index (κ2) is 7.60. The van der Waals surface area contributed by atoms with Crippen molar-refractivity contribution < 1.29 is 4.74 Å². The third-order valence-corrected chi connectivity index (χ3v) is 4.01. The Balaban J connectivity index is 1.97. The van der Waals surface area contributed by atoms with Crippen LogP contribution in [-0.4, -0.2) is 37.8 Å². The van der Waals surface area contributed by atoms with Crippen LogP contribution in [0.2, 0.25) is 0 Å². The molecule has 1 aliphatic heterocycles. The van der Waals surface area contributed by atoms with E-state index >= 15 is 0 Å². The molecule has 1 aromatic rings. The fourth-order valence-corrected chi connectivity index (χ4v) is 2.66. The lowest BCUT2D eigenvalue weighted by molar-refractivity contribution is 0.0891. The Morgan fingerprint density at radius 1 is 1.50 bits per heavy atom. The summed E-state index contributed by atoms with van der Waals surface area (Å²) in [5.74, 6) is 1.07. The van der Waals surface area contributed by atoms with E-state index in [1.807, 2.05) is 6.20 Å². The molecular weight excluding hydrogens is 250 g/mol. The molecule has 0 bridgehead atoms. The molecule has 2 rings (SSSR count). The van der Waals surface area contributed by atoms with Gasteiger partial charge in [-0.1, -0.05) is 13.0 Å². The zero-order chi connectivity index (χ0) is 14.4. The number of aromatic nitrogens is 1. The Kier molecular flexibility index (Phi) is 5.80. The standard InChI is InChI=1S/C16H27N3O/c1-4-9-17-13(2)14-7-8-16(18-11-14)19-10-5-6-15(12-19)20-3/h7-8,11,13,15,17H,4-6,9-10,12H2,1-3H3. The van der Waals surface area contributed by atoms with Gasteiger partial charge in [-0.25, -0.2) is 4.98 Å². The first kappa shape index (κ1) is 15.3. The maximum atomic E-state index is 5.47. The van der Waals surface area contributed by atoms with Crippen molar-refractivity contribution in [2.24, 2.45) is 0 Å². The molecule has 1 N–H and O–H groups in total. The number of hydrogen-bond donors (Lipinski definition) is 1. The van der Waals surface area contributed by atoms with E-state index in [0.717, 1.165) is 38.3 Å². The number of nitrogens with one attached hydrogen (secondary N) is 1. The van der Waals surface area contributed by atoms with Crippen LogP contribution in [0.1, 0.15) is 44.7 Å². The van der Waals surface area contributed by atoms with Crippen LogP contribution in [-0.2, 0) is 4.74 Å². The molecule has 1 saturated heterocycles. The van der Waals surface area contributed by atoms with Crippen LogP contribution in [0.3, 0.4) is 0 Å². The second-order valence-electron chi connectivity index (χ2n) is 5.57. The van der Waals surface area contributed by atoms with Gasteiger partial charge in [0.25, 0.3) is 0 Å². The molecule has 0 aliphatic carbocycles. The highest BCUT2D eigenvalue weighted by Crippen LogP contribution is 2.21. The van der Waals surface area contributed by atoms with Crippen molar-refractivity contribution in [1.82, 2.24) is 10.3 Å². The highest BCUT2D eigenvalue weighted by molar-refractivity contribution is 5.40. The molecule has 0 amide bonds. The Labute approximate surface area is 122 Å². The molecule has 1 fully saturated rings. The van der Waals surface area contributed by atoms with Crippen molar-refractivity contribution in [3.8, 4) is 0 Å². The summed E-state index contributed by atoms with van der Waals surface area (Å²) in [5, 5.41) is 3.49. The second-order valence-corrected chi connectivity index (χ2v) is 5.57. The summed E-state index contributed by atoms with van der Waals surface area (Å²) in [7, 11) is 1.80. The summed E-state index contributed by atoms with van der Waals surface area (Å²) in [4.78, 5) is 6.96. The molecule has 4 heteroatoms. The van der Waals surface area contributed by atoms with Gasteiger partial charge >= 0.3 is 0 Å². The van der Waals surface area contributed by atoms with Crippen LogP contribution in [0.15, 0.2) is 18.3 Å². The Morgan fingerprint density at radius 2 is 2.35 bits per heavy atom. The molecule has 0 aromatic carbocycles. The number of methoxy groups -OCH3 is 1. The lowest BCUT2D eigenvalue weighted by Gasteiger charge is -2.32. The summed E-state index contributed by atoms with van der Waals surface area (Å²) in [5.41, 5.74) is 1.25. The summed E-state index contributed by atoms with van der Waals surface area (Å²) in [6, 6.07) is 4.69. The number of rotatable bonds is 6. The van der Waals surface area contributed by atoms with E-state index in [4.69, 9.17) is 4.74 Å². The monoisotopic (exact) mass is 277 g/mol. The molecule has 2 unspecified atom stereocenters. The third kappa shape index (κ3) is 3.93. The minimum atomic E-state index is 0.343. The van der Waals surface area contributed by atoms with Gasteiger partial charge in [0, 0.05) is 32.4 Å². The van der Waals surface area contributed by atoms with Gasteiger partial charge in [-0.3, -0.25) is 0 Å². The Bertz CT molecular complexity index is 393. The summed E-state index contributed by atoms with van der Waals surface area (Å²) in [6.45, 7) is 7.45. The summed E-state index contributed by atoms with van der Waals surface area (Å²) < 4.78 is 5.47. The van der Waals surface area contributed by atoms with Crippen molar-refractivity contribution in [2.75, 3.05) is 31.6 Å². The van der Waals surface area contributed by atoms with Crippen molar-refractivity contribution >= 4 is 5.82 Å². The molecule has 1 aliphatic rings. The van der Waals surface area contributed by atoms with Crippen LogP contribution in [0.4, 0.5) is 5.82 Å². The van der Waals surface area contributed by atoms with Crippen molar-refractivity contribution in [2.45, 2.75) is 45.3 Å². The zero-order valence-electron chi connectivity index (χ0n) is 12.9. The number of ether oxygens (including phenoxy) is 1. The van der Waals surface area contributed by atoms with Gasteiger partial charge in [0.05, 0.1) is 6.10 Å². The minimum Gasteiger partial charge on any atom is -0.380 e. The molecule has 0 radical (unpaired) electrons. The fourth-order valence-electron chi connectivity index (χ4n) is 2.66. The number of nitrogens with zero attached hydrogens (tertiary/aromatic N) is 2. The largest absolute Gasteiger partial charge is 0.380 e. The fraction of sp³-hybridized carbons (Fsp3) is 0.688. The molecule has 0 spiro atoms. The highest BCUT2D eigenvalue weighted by Gasteiger charge is 2.20. The van der Waals surface area contributed by atoms with Gasteiger partial charge in [0.2, 0.25) is 0 Å². The molecule has 112 valence electrons. The van der Waals surface area contributed by atoms with Gasteiger partial charge in [0.1, 0.15) is 5.82 Å².